The number of rotatable bonds is 13. The van der Waals surface area contributed by atoms with Crippen LogP contribution in [0.15, 0.2) is 41.3 Å². The van der Waals surface area contributed by atoms with Crippen LogP contribution in [0.3, 0.4) is 0 Å². The minimum atomic E-state index is -4.07. The Morgan fingerprint density at radius 1 is 1.06 bits per heavy atom. The quantitative estimate of drug-likeness (QED) is 0.290. The van der Waals surface area contributed by atoms with Crippen molar-refractivity contribution >= 4 is 27.3 Å². The maximum atomic E-state index is 12.1. The van der Waals surface area contributed by atoms with Gasteiger partial charge in [0.25, 0.3) is 5.69 Å². The molecule has 0 bridgehead atoms. The summed E-state index contributed by atoms with van der Waals surface area (Å²) in [4.78, 5) is 22.3. The zero-order chi connectivity index (χ0) is 24.4. The molecule has 0 atom stereocenters. The highest BCUT2D eigenvalue weighted by atomic mass is 32.2. The number of carbonyl (C=O) groups is 1. The van der Waals surface area contributed by atoms with Crippen LogP contribution in [0.1, 0.15) is 25.8 Å². The maximum absolute atomic E-state index is 12.1. The molecule has 1 amide bonds. The van der Waals surface area contributed by atoms with E-state index in [1.807, 2.05) is 32.0 Å². The van der Waals surface area contributed by atoms with Gasteiger partial charge >= 0.3 is 0 Å². The number of nitrogens with one attached hydrogen (secondary N) is 2. The predicted molar refractivity (Wildman–Crippen MR) is 123 cm³/mol. The number of hydrogen-bond donors (Lipinski definition) is 3. The monoisotopic (exact) mass is 480 g/mol. The summed E-state index contributed by atoms with van der Waals surface area (Å²) in [5, 5.41) is 21.8. The largest absolute Gasteiger partial charge is 0.490 e. The average Bonchev–Trinajstić information content (AvgIpc) is 2.75. The van der Waals surface area contributed by atoms with Crippen LogP contribution in [0, 0.1) is 10.1 Å². The summed E-state index contributed by atoms with van der Waals surface area (Å²) in [5.41, 5.74) is 0.631. The molecule has 0 radical (unpaired) electrons. The summed E-state index contributed by atoms with van der Waals surface area (Å²) in [6, 6.07) is 8.92. The highest BCUT2D eigenvalue weighted by Crippen LogP contribution is 2.29. The lowest BCUT2D eigenvalue weighted by atomic mass is 10.1. The van der Waals surface area contributed by atoms with Gasteiger partial charge in [0, 0.05) is 25.6 Å². The number of primary sulfonamides is 1. The number of anilines is 1. The number of nitro benzene ring substituents is 1. The Kier molecular flexibility index (Phi) is 9.43. The number of nitro groups is 1. The minimum absolute atomic E-state index is 0.0710. The fourth-order valence-corrected chi connectivity index (χ4v) is 3.52. The molecule has 2 aromatic rings. The van der Waals surface area contributed by atoms with Crippen molar-refractivity contribution in [1.29, 1.82) is 0 Å². The highest BCUT2D eigenvalue weighted by Gasteiger charge is 2.19. The molecule has 0 aliphatic heterocycles. The zero-order valence-electron chi connectivity index (χ0n) is 18.5. The number of hydrogen-bond acceptors (Lipinski definition) is 8. The van der Waals surface area contributed by atoms with E-state index in [-0.39, 0.29) is 29.5 Å². The fraction of sp³-hybridized carbons (Fsp3) is 0.381. The highest BCUT2D eigenvalue weighted by molar-refractivity contribution is 7.89. The molecule has 11 nitrogen and oxygen atoms in total. The fourth-order valence-electron chi connectivity index (χ4n) is 2.99. The number of sulfonamides is 1. The Morgan fingerprint density at radius 3 is 2.39 bits per heavy atom. The molecule has 4 N–H and O–H groups in total. The molecule has 2 aromatic carbocycles. The van der Waals surface area contributed by atoms with Crippen LogP contribution in [0.4, 0.5) is 11.4 Å². The molecule has 2 rings (SSSR count). The third kappa shape index (κ3) is 7.91. The molecular weight excluding hydrogens is 452 g/mol. The first-order valence-electron chi connectivity index (χ1n) is 10.4. The number of nitrogens with zero attached hydrogens (tertiary/aromatic N) is 1. The Hall–Kier alpha value is -3.38. The van der Waals surface area contributed by atoms with Crippen LogP contribution in [0.5, 0.6) is 11.5 Å². The number of amides is 1. The second-order valence-electron chi connectivity index (χ2n) is 6.90. The summed E-state index contributed by atoms with van der Waals surface area (Å²) >= 11 is 0. The van der Waals surface area contributed by atoms with Gasteiger partial charge in [-0.1, -0.05) is 6.07 Å². The lowest BCUT2D eigenvalue weighted by molar-refractivity contribution is -0.384. The van der Waals surface area contributed by atoms with Gasteiger partial charge in [0.2, 0.25) is 15.9 Å². The maximum Gasteiger partial charge on any atom is 0.293 e. The average molecular weight is 481 g/mol. The Bertz CT molecular complexity index is 1090. The molecule has 0 fully saturated rings. The van der Waals surface area contributed by atoms with Crippen LogP contribution in [0.2, 0.25) is 0 Å². The first-order valence-corrected chi connectivity index (χ1v) is 11.9. The van der Waals surface area contributed by atoms with Crippen molar-refractivity contribution in [2.24, 2.45) is 5.14 Å². The summed E-state index contributed by atoms with van der Waals surface area (Å²) in [7, 11) is -4.07. The molecule has 180 valence electrons. The zero-order valence-corrected chi connectivity index (χ0v) is 19.3. The third-order valence-electron chi connectivity index (χ3n) is 4.51. The lowest BCUT2D eigenvalue weighted by Gasteiger charge is -2.13. The SMILES string of the molecule is CCOc1ccc(CCNC(=O)CCNc2ccc(S(N)(=O)=O)cc2[N+](=O)[O-])cc1OCC. The summed E-state index contributed by atoms with van der Waals surface area (Å²) in [6.45, 7) is 5.35. The van der Waals surface area contributed by atoms with E-state index in [2.05, 4.69) is 10.6 Å². The minimum Gasteiger partial charge on any atom is -0.490 e. The van der Waals surface area contributed by atoms with Crippen molar-refractivity contribution in [3.05, 3.63) is 52.1 Å². The van der Waals surface area contributed by atoms with Gasteiger partial charge in [-0.2, -0.15) is 0 Å². The van der Waals surface area contributed by atoms with Crippen molar-refractivity contribution in [3.63, 3.8) is 0 Å². The summed E-state index contributed by atoms with van der Waals surface area (Å²) < 4.78 is 33.9. The van der Waals surface area contributed by atoms with Crippen molar-refractivity contribution in [2.45, 2.75) is 31.6 Å². The normalized spacial score (nSPS) is 11.0. The summed E-state index contributed by atoms with van der Waals surface area (Å²) in [5.74, 6) is 1.09. The molecule has 33 heavy (non-hydrogen) atoms. The third-order valence-corrected chi connectivity index (χ3v) is 5.42. The van der Waals surface area contributed by atoms with Gasteiger partial charge in [-0.25, -0.2) is 13.6 Å². The molecule has 12 heteroatoms. The predicted octanol–water partition coefficient (Wildman–Crippen LogP) is 2.20. The second kappa shape index (κ2) is 12.0. The van der Waals surface area contributed by atoms with E-state index in [0.717, 1.165) is 17.7 Å². The Labute approximate surface area is 192 Å². The topological polar surface area (TPSA) is 163 Å². The van der Waals surface area contributed by atoms with E-state index in [9.17, 15) is 23.3 Å². The van der Waals surface area contributed by atoms with E-state index in [0.29, 0.717) is 37.7 Å². The smallest absolute Gasteiger partial charge is 0.293 e. The standard InChI is InChI=1S/C21H28N4O7S/c1-3-31-19-8-5-15(13-20(19)32-4-2)9-11-24-21(26)10-12-23-17-7-6-16(33(22,29)30)14-18(17)25(27)28/h5-8,13-14,23H,3-4,9-12H2,1-2H3,(H,24,26)(H2,22,29,30). The molecule has 0 heterocycles. The first kappa shape index (κ1) is 25.9. The Balaban J connectivity index is 1.86. The number of ether oxygens (including phenoxy) is 2. The van der Waals surface area contributed by atoms with Gasteiger partial charge < -0.3 is 20.1 Å². The van der Waals surface area contributed by atoms with E-state index < -0.39 is 20.6 Å². The molecule has 0 saturated carbocycles. The van der Waals surface area contributed by atoms with Gasteiger partial charge in [-0.3, -0.25) is 14.9 Å². The van der Waals surface area contributed by atoms with Gasteiger partial charge in [0.05, 0.1) is 23.0 Å². The van der Waals surface area contributed by atoms with E-state index in [1.54, 1.807) is 0 Å². The summed E-state index contributed by atoms with van der Waals surface area (Å²) in [6.07, 6.45) is 0.660. The van der Waals surface area contributed by atoms with E-state index >= 15 is 0 Å². The van der Waals surface area contributed by atoms with Crippen LogP contribution in [0.25, 0.3) is 0 Å². The molecule has 0 aromatic heterocycles. The molecule has 0 unspecified atom stereocenters. The lowest BCUT2D eigenvalue weighted by Crippen LogP contribution is -2.27. The molecular formula is C21H28N4O7S. The van der Waals surface area contributed by atoms with Crippen LogP contribution >= 0.6 is 0 Å². The van der Waals surface area contributed by atoms with Crippen LogP contribution in [-0.2, 0) is 21.2 Å². The van der Waals surface area contributed by atoms with Gasteiger partial charge in [-0.05, 0) is 50.1 Å². The first-order chi connectivity index (χ1) is 15.7. The van der Waals surface area contributed by atoms with Crippen LogP contribution < -0.4 is 25.2 Å². The van der Waals surface area contributed by atoms with Crippen molar-refractivity contribution in [1.82, 2.24) is 5.32 Å². The molecule has 0 aliphatic carbocycles. The van der Waals surface area contributed by atoms with Gasteiger partial charge in [0.15, 0.2) is 11.5 Å². The number of nitrogens with two attached hydrogens (primary N) is 1. The van der Waals surface area contributed by atoms with Crippen molar-refractivity contribution in [3.8, 4) is 11.5 Å². The molecule has 0 spiro atoms. The van der Waals surface area contributed by atoms with Crippen molar-refractivity contribution < 1.29 is 27.6 Å². The molecule has 0 saturated heterocycles. The van der Waals surface area contributed by atoms with Crippen LogP contribution in [-0.4, -0.2) is 45.6 Å². The van der Waals surface area contributed by atoms with Gasteiger partial charge in [0.1, 0.15) is 5.69 Å². The van der Waals surface area contributed by atoms with Gasteiger partial charge in [-0.15, -0.1) is 0 Å². The van der Waals surface area contributed by atoms with Crippen molar-refractivity contribution in [2.75, 3.05) is 31.6 Å². The Morgan fingerprint density at radius 2 is 1.76 bits per heavy atom. The van der Waals surface area contributed by atoms with E-state index in [4.69, 9.17) is 14.6 Å². The van der Waals surface area contributed by atoms with E-state index in [1.165, 1.54) is 6.07 Å². The molecule has 0 aliphatic rings. The number of carbonyl (C=O) groups excluding carboxylic acids is 1. The second-order valence-corrected chi connectivity index (χ2v) is 8.47. The number of benzene rings is 2.